The molecule has 0 aliphatic carbocycles. The van der Waals surface area contributed by atoms with Gasteiger partial charge in [-0.3, -0.25) is 4.99 Å². The zero-order chi connectivity index (χ0) is 19.1. The largest absolute Gasteiger partial charge is 0.381 e. The SMILES string of the molecule is CN=C(NCCc1nc(C(C)C)no1)NC1CCN(CC2CCOC2)CC1.I. The highest BCUT2D eigenvalue weighted by Gasteiger charge is 2.24. The predicted octanol–water partition coefficient (Wildman–Crippen LogP) is 2.02. The third-order valence-corrected chi connectivity index (χ3v) is 5.32. The van der Waals surface area contributed by atoms with E-state index in [1.165, 1.54) is 13.0 Å². The summed E-state index contributed by atoms with van der Waals surface area (Å²) in [4.78, 5) is 11.3. The first-order valence-electron chi connectivity index (χ1n) is 10.2. The summed E-state index contributed by atoms with van der Waals surface area (Å²) >= 11 is 0. The third-order valence-electron chi connectivity index (χ3n) is 5.32. The van der Waals surface area contributed by atoms with Crippen molar-refractivity contribution >= 4 is 29.9 Å². The lowest BCUT2D eigenvalue weighted by Crippen LogP contribution is -2.49. The van der Waals surface area contributed by atoms with Gasteiger partial charge in [-0.2, -0.15) is 4.98 Å². The molecule has 2 aliphatic heterocycles. The fraction of sp³-hybridized carbons (Fsp3) is 0.842. The van der Waals surface area contributed by atoms with Crippen LogP contribution in [-0.4, -0.2) is 73.5 Å². The highest BCUT2D eigenvalue weighted by molar-refractivity contribution is 14.0. The molecule has 0 aromatic carbocycles. The number of aliphatic imine (C=N–C) groups is 1. The lowest BCUT2D eigenvalue weighted by atomic mass is 10.0. The maximum Gasteiger partial charge on any atom is 0.228 e. The maximum atomic E-state index is 5.49. The van der Waals surface area contributed by atoms with E-state index in [0.717, 1.165) is 63.4 Å². The van der Waals surface area contributed by atoms with Gasteiger partial charge >= 0.3 is 0 Å². The third kappa shape index (κ3) is 7.14. The van der Waals surface area contributed by atoms with Crippen LogP contribution in [0, 0.1) is 5.92 Å². The number of piperidine rings is 1. The van der Waals surface area contributed by atoms with Gasteiger partial charge in [-0.05, 0) is 25.2 Å². The summed E-state index contributed by atoms with van der Waals surface area (Å²) in [7, 11) is 1.81. The standard InChI is InChI=1S/C19H34N6O2.HI/c1-14(2)18-23-17(27-24-18)4-8-21-19(20-3)22-16-5-9-25(10-6-16)12-15-7-11-26-13-15;/h14-16H,4-13H2,1-3H3,(H2,20,21,22);1H. The van der Waals surface area contributed by atoms with Crippen molar-refractivity contribution < 1.29 is 9.26 Å². The summed E-state index contributed by atoms with van der Waals surface area (Å²) in [5, 5.41) is 10.9. The van der Waals surface area contributed by atoms with Gasteiger partial charge in [-0.25, -0.2) is 0 Å². The maximum absolute atomic E-state index is 5.49. The van der Waals surface area contributed by atoms with Gasteiger partial charge in [0.25, 0.3) is 0 Å². The van der Waals surface area contributed by atoms with E-state index in [9.17, 15) is 0 Å². The summed E-state index contributed by atoms with van der Waals surface area (Å²) in [5.41, 5.74) is 0. The van der Waals surface area contributed by atoms with E-state index >= 15 is 0 Å². The summed E-state index contributed by atoms with van der Waals surface area (Å²) in [6, 6.07) is 0.475. The fourth-order valence-electron chi connectivity index (χ4n) is 3.63. The molecule has 28 heavy (non-hydrogen) atoms. The van der Waals surface area contributed by atoms with Crippen molar-refractivity contribution in [2.24, 2.45) is 10.9 Å². The number of aromatic nitrogens is 2. The van der Waals surface area contributed by atoms with Gasteiger partial charge < -0.3 is 24.8 Å². The first-order chi connectivity index (χ1) is 13.1. The molecule has 160 valence electrons. The number of halogens is 1. The highest BCUT2D eigenvalue weighted by Crippen LogP contribution is 2.17. The van der Waals surface area contributed by atoms with Gasteiger partial charge in [-0.1, -0.05) is 19.0 Å². The van der Waals surface area contributed by atoms with Crippen molar-refractivity contribution in [3.63, 3.8) is 0 Å². The van der Waals surface area contributed by atoms with Crippen molar-refractivity contribution in [2.45, 2.75) is 51.5 Å². The van der Waals surface area contributed by atoms with E-state index < -0.39 is 0 Å². The highest BCUT2D eigenvalue weighted by atomic mass is 127. The van der Waals surface area contributed by atoms with Crippen LogP contribution >= 0.6 is 24.0 Å². The van der Waals surface area contributed by atoms with Crippen LogP contribution in [0.2, 0.25) is 0 Å². The minimum atomic E-state index is 0. The fourth-order valence-corrected chi connectivity index (χ4v) is 3.63. The van der Waals surface area contributed by atoms with Gasteiger partial charge in [0.05, 0.1) is 6.61 Å². The molecule has 0 radical (unpaired) electrons. The minimum absolute atomic E-state index is 0. The lowest BCUT2D eigenvalue weighted by Gasteiger charge is -2.34. The van der Waals surface area contributed by atoms with Crippen molar-refractivity contribution in [2.75, 3.05) is 46.4 Å². The van der Waals surface area contributed by atoms with Gasteiger partial charge in [0, 0.05) is 58.2 Å². The Balaban J connectivity index is 0.00000280. The van der Waals surface area contributed by atoms with Gasteiger partial charge in [-0.15, -0.1) is 24.0 Å². The van der Waals surface area contributed by atoms with E-state index in [2.05, 4.69) is 44.5 Å². The van der Waals surface area contributed by atoms with Crippen LogP contribution in [0.5, 0.6) is 0 Å². The first-order valence-corrected chi connectivity index (χ1v) is 10.2. The van der Waals surface area contributed by atoms with Gasteiger partial charge in [0.1, 0.15) is 0 Å². The molecule has 1 atom stereocenters. The molecule has 2 N–H and O–H groups in total. The van der Waals surface area contributed by atoms with Crippen LogP contribution in [0.25, 0.3) is 0 Å². The molecule has 1 aromatic heterocycles. The molecule has 0 bridgehead atoms. The molecule has 3 heterocycles. The quantitative estimate of drug-likeness (QED) is 0.333. The van der Waals surface area contributed by atoms with E-state index in [0.29, 0.717) is 18.4 Å². The molecule has 0 spiro atoms. The van der Waals surface area contributed by atoms with E-state index in [-0.39, 0.29) is 29.9 Å². The van der Waals surface area contributed by atoms with Crippen LogP contribution in [0.1, 0.15) is 50.7 Å². The zero-order valence-corrected chi connectivity index (χ0v) is 19.6. The molecular formula is C19H35IN6O2. The normalized spacial score (nSPS) is 21.7. The average Bonchev–Trinajstić information content (AvgIpc) is 3.34. The second kappa shape index (κ2) is 11.9. The molecular weight excluding hydrogens is 471 g/mol. The van der Waals surface area contributed by atoms with Crippen molar-refractivity contribution in [3.05, 3.63) is 11.7 Å². The summed E-state index contributed by atoms with van der Waals surface area (Å²) in [6.45, 7) is 10.2. The Morgan fingerprint density at radius 3 is 2.68 bits per heavy atom. The lowest BCUT2D eigenvalue weighted by molar-refractivity contribution is 0.150. The Morgan fingerprint density at radius 2 is 2.07 bits per heavy atom. The number of ether oxygens (including phenoxy) is 1. The predicted molar refractivity (Wildman–Crippen MR) is 120 cm³/mol. The first kappa shape index (κ1) is 23.3. The van der Waals surface area contributed by atoms with Crippen LogP contribution < -0.4 is 10.6 Å². The van der Waals surface area contributed by atoms with Crippen LogP contribution in [-0.2, 0) is 11.2 Å². The Labute approximate surface area is 185 Å². The minimum Gasteiger partial charge on any atom is -0.381 e. The number of rotatable bonds is 7. The van der Waals surface area contributed by atoms with Crippen molar-refractivity contribution in [1.82, 2.24) is 25.7 Å². The van der Waals surface area contributed by atoms with Crippen LogP contribution in [0.15, 0.2) is 9.52 Å². The molecule has 1 unspecified atom stereocenters. The number of nitrogens with zero attached hydrogens (tertiary/aromatic N) is 4. The second-order valence-corrected chi connectivity index (χ2v) is 7.90. The molecule has 9 heteroatoms. The number of hydrogen-bond donors (Lipinski definition) is 2. The van der Waals surface area contributed by atoms with Gasteiger partial charge in [0.2, 0.25) is 5.89 Å². The molecule has 0 saturated carbocycles. The molecule has 0 amide bonds. The van der Waals surface area contributed by atoms with E-state index in [1.54, 1.807) is 0 Å². The molecule has 3 rings (SSSR count). The summed E-state index contributed by atoms with van der Waals surface area (Å²) in [6.07, 6.45) is 4.21. The molecule has 8 nitrogen and oxygen atoms in total. The Bertz CT molecular complexity index is 595. The average molecular weight is 506 g/mol. The monoisotopic (exact) mass is 506 g/mol. The Hall–Kier alpha value is -0.940. The van der Waals surface area contributed by atoms with Crippen molar-refractivity contribution in [3.8, 4) is 0 Å². The molecule has 2 aliphatic rings. The number of nitrogens with one attached hydrogen (secondary N) is 2. The van der Waals surface area contributed by atoms with Crippen molar-refractivity contribution in [1.29, 1.82) is 0 Å². The van der Waals surface area contributed by atoms with E-state index in [1.807, 2.05) is 7.05 Å². The van der Waals surface area contributed by atoms with E-state index in [4.69, 9.17) is 9.26 Å². The second-order valence-electron chi connectivity index (χ2n) is 7.90. The summed E-state index contributed by atoms with van der Waals surface area (Å²) < 4.78 is 10.8. The Kier molecular flexibility index (Phi) is 9.93. The molecule has 2 saturated heterocycles. The smallest absolute Gasteiger partial charge is 0.228 e. The number of guanidine groups is 1. The molecule has 1 aromatic rings. The van der Waals surface area contributed by atoms with Crippen LogP contribution in [0.4, 0.5) is 0 Å². The number of likely N-dealkylation sites (tertiary alicyclic amines) is 1. The molecule has 2 fully saturated rings. The zero-order valence-electron chi connectivity index (χ0n) is 17.3. The number of hydrogen-bond acceptors (Lipinski definition) is 6. The van der Waals surface area contributed by atoms with Crippen LogP contribution in [0.3, 0.4) is 0 Å². The van der Waals surface area contributed by atoms with Gasteiger partial charge in [0.15, 0.2) is 11.8 Å². The summed E-state index contributed by atoms with van der Waals surface area (Å²) in [5.74, 6) is 3.30. The topological polar surface area (TPSA) is 87.8 Å². The Morgan fingerprint density at radius 1 is 1.29 bits per heavy atom.